The van der Waals surface area contributed by atoms with Gasteiger partial charge in [-0.3, -0.25) is 4.79 Å². The Kier molecular flexibility index (Phi) is 7.15. The van der Waals surface area contributed by atoms with Gasteiger partial charge in [0.15, 0.2) is 0 Å². The molecule has 0 aliphatic heterocycles. The third-order valence-corrected chi connectivity index (χ3v) is 3.14. The van der Waals surface area contributed by atoms with Gasteiger partial charge >= 0.3 is 0 Å². The van der Waals surface area contributed by atoms with Gasteiger partial charge in [0, 0.05) is 20.2 Å². The van der Waals surface area contributed by atoms with E-state index in [-0.39, 0.29) is 12.5 Å². The second kappa shape index (κ2) is 8.67. The number of amides is 1. The first-order chi connectivity index (χ1) is 9.15. The van der Waals surface area contributed by atoms with E-state index < -0.39 is 6.04 Å². The van der Waals surface area contributed by atoms with Crippen molar-refractivity contribution in [2.75, 3.05) is 20.2 Å². The van der Waals surface area contributed by atoms with E-state index in [1.165, 1.54) is 0 Å². The fraction of sp³-hybridized carbons (Fsp3) is 0.533. The number of hydrogen-bond donors (Lipinski definition) is 2. The van der Waals surface area contributed by atoms with Crippen LogP contribution in [0.4, 0.5) is 0 Å². The number of rotatable bonds is 8. The van der Waals surface area contributed by atoms with E-state index in [0.29, 0.717) is 13.0 Å². The van der Waals surface area contributed by atoms with Gasteiger partial charge in [-0.1, -0.05) is 30.3 Å². The van der Waals surface area contributed by atoms with Gasteiger partial charge in [-0.2, -0.15) is 0 Å². The van der Waals surface area contributed by atoms with Crippen LogP contribution in [0.5, 0.6) is 0 Å². The van der Waals surface area contributed by atoms with Gasteiger partial charge in [-0.05, 0) is 31.2 Å². The van der Waals surface area contributed by atoms with E-state index in [4.69, 9.17) is 10.8 Å². The largest absolute Gasteiger partial charge is 0.396 e. The number of likely N-dealkylation sites (N-methyl/N-ethyl adjacent to an activating group) is 1. The molecule has 0 saturated carbocycles. The van der Waals surface area contributed by atoms with Gasteiger partial charge in [-0.15, -0.1) is 0 Å². The van der Waals surface area contributed by atoms with Crippen LogP contribution < -0.4 is 5.73 Å². The molecule has 1 amide bonds. The predicted molar refractivity (Wildman–Crippen MR) is 76.7 cm³/mol. The zero-order chi connectivity index (χ0) is 14.1. The Morgan fingerprint density at radius 3 is 2.58 bits per heavy atom. The Bertz CT molecular complexity index is 368. The number of benzene rings is 1. The first-order valence-electron chi connectivity index (χ1n) is 6.80. The van der Waals surface area contributed by atoms with Crippen molar-refractivity contribution < 1.29 is 9.90 Å². The Morgan fingerprint density at radius 2 is 1.95 bits per heavy atom. The fourth-order valence-corrected chi connectivity index (χ4v) is 1.99. The standard InChI is InChI=1S/C15H24N2O2/c1-17(10-6-3-7-11-18)15(19)14(16)12-13-8-4-2-5-9-13/h2,4-5,8-9,14,18H,3,6-7,10-12,16H2,1H3/t14-/m1/s1. The monoisotopic (exact) mass is 264 g/mol. The van der Waals surface area contributed by atoms with Crippen LogP contribution in [0.15, 0.2) is 30.3 Å². The lowest BCUT2D eigenvalue weighted by molar-refractivity contribution is -0.131. The van der Waals surface area contributed by atoms with Gasteiger partial charge in [0.05, 0.1) is 6.04 Å². The van der Waals surface area contributed by atoms with E-state index >= 15 is 0 Å². The van der Waals surface area contributed by atoms with Crippen molar-refractivity contribution in [3.63, 3.8) is 0 Å². The normalized spacial score (nSPS) is 12.2. The average Bonchev–Trinajstić information content (AvgIpc) is 2.43. The highest BCUT2D eigenvalue weighted by Gasteiger charge is 2.17. The maximum atomic E-state index is 12.1. The van der Waals surface area contributed by atoms with E-state index in [0.717, 1.165) is 24.8 Å². The molecule has 0 radical (unpaired) electrons. The van der Waals surface area contributed by atoms with Crippen LogP contribution in [-0.4, -0.2) is 42.2 Å². The highest BCUT2D eigenvalue weighted by atomic mass is 16.2. The Labute approximate surface area is 115 Å². The topological polar surface area (TPSA) is 66.6 Å². The molecule has 0 unspecified atom stereocenters. The number of unbranched alkanes of at least 4 members (excludes halogenated alkanes) is 2. The first-order valence-corrected chi connectivity index (χ1v) is 6.80. The minimum absolute atomic E-state index is 0.0205. The summed E-state index contributed by atoms with van der Waals surface area (Å²) in [5, 5.41) is 8.69. The summed E-state index contributed by atoms with van der Waals surface area (Å²) in [5.41, 5.74) is 7.03. The molecule has 1 aromatic rings. The van der Waals surface area contributed by atoms with Crippen LogP contribution in [0, 0.1) is 0 Å². The van der Waals surface area contributed by atoms with Crippen LogP contribution in [0.2, 0.25) is 0 Å². The molecule has 1 rings (SSSR count). The van der Waals surface area contributed by atoms with Crippen LogP contribution in [0.25, 0.3) is 0 Å². The molecule has 19 heavy (non-hydrogen) atoms. The van der Waals surface area contributed by atoms with Gasteiger partial charge in [0.2, 0.25) is 5.91 Å². The molecule has 4 nitrogen and oxygen atoms in total. The third-order valence-electron chi connectivity index (χ3n) is 3.14. The second-order valence-electron chi connectivity index (χ2n) is 4.84. The number of aliphatic hydroxyl groups is 1. The molecule has 0 saturated heterocycles. The summed E-state index contributed by atoms with van der Waals surface area (Å²) in [6.07, 6.45) is 3.20. The molecular weight excluding hydrogens is 240 g/mol. The molecule has 0 heterocycles. The zero-order valence-corrected chi connectivity index (χ0v) is 11.6. The number of hydrogen-bond acceptors (Lipinski definition) is 3. The van der Waals surface area contributed by atoms with Crippen molar-refractivity contribution in [3.8, 4) is 0 Å². The lowest BCUT2D eigenvalue weighted by Crippen LogP contribution is -2.43. The van der Waals surface area contributed by atoms with Gasteiger partial charge in [0.1, 0.15) is 0 Å². The molecular formula is C15H24N2O2. The molecule has 1 aromatic carbocycles. The number of carbonyl (C=O) groups excluding carboxylic acids is 1. The minimum atomic E-state index is -0.481. The number of nitrogens with two attached hydrogens (primary N) is 1. The second-order valence-corrected chi connectivity index (χ2v) is 4.84. The summed E-state index contributed by atoms with van der Waals surface area (Å²) < 4.78 is 0. The molecule has 1 atom stereocenters. The average molecular weight is 264 g/mol. The molecule has 0 aliphatic rings. The van der Waals surface area contributed by atoms with Crippen molar-refractivity contribution in [2.45, 2.75) is 31.7 Å². The summed E-state index contributed by atoms with van der Waals surface area (Å²) in [5.74, 6) is -0.0205. The lowest BCUT2D eigenvalue weighted by Gasteiger charge is -2.21. The van der Waals surface area contributed by atoms with E-state index in [1.807, 2.05) is 30.3 Å². The van der Waals surface area contributed by atoms with Crippen molar-refractivity contribution in [2.24, 2.45) is 5.73 Å². The highest BCUT2D eigenvalue weighted by Crippen LogP contribution is 2.05. The molecule has 0 spiro atoms. The van der Waals surface area contributed by atoms with Gasteiger partial charge < -0.3 is 15.7 Å². The highest BCUT2D eigenvalue weighted by molar-refractivity contribution is 5.81. The Hall–Kier alpha value is -1.39. The van der Waals surface area contributed by atoms with Crippen LogP contribution in [-0.2, 0) is 11.2 Å². The van der Waals surface area contributed by atoms with Crippen molar-refractivity contribution in [1.29, 1.82) is 0 Å². The third kappa shape index (κ3) is 5.85. The van der Waals surface area contributed by atoms with Gasteiger partial charge in [0.25, 0.3) is 0 Å². The zero-order valence-electron chi connectivity index (χ0n) is 11.6. The Morgan fingerprint density at radius 1 is 1.26 bits per heavy atom. The summed E-state index contributed by atoms with van der Waals surface area (Å²) in [6, 6.07) is 9.33. The number of nitrogens with zero attached hydrogens (tertiary/aromatic N) is 1. The Balaban J connectivity index is 2.35. The maximum Gasteiger partial charge on any atom is 0.239 e. The molecule has 4 heteroatoms. The summed E-state index contributed by atoms with van der Waals surface area (Å²) >= 11 is 0. The van der Waals surface area contributed by atoms with E-state index in [2.05, 4.69) is 0 Å². The smallest absolute Gasteiger partial charge is 0.239 e. The van der Waals surface area contributed by atoms with Crippen LogP contribution in [0.1, 0.15) is 24.8 Å². The maximum absolute atomic E-state index is 12.1. The van der Waals surface area contributed by atoms with E-state index in [1.54, 1.807) is 11.9 Å². The predicted octanol–water partition coefficient (Wildman–Crippen LogP) is 1.18. The molecule has 0 aromatic heterocycles. The minimum Gasteiger partial charge on any atom is -0.396 e. The van der Waals surface area contributed by atoms with Gasteiger partial charge in [-0.25, -0.2) is 0 Å². The van der Waals surface area contributed by atoms with E-state index in [9.17, 15) is 4.79 Å². The molecule has 0 bridgehead atoms. The first kappa shape index (κ1) is 15.7. The number of aliphatic hydroxyl groups excluding tert-OH is 1. The molecule has 0 aliphatic carbocycles. The van der Waals surface area contributed by atoms with Crippen LogP contribution in [0.3, 0.4) is 0 Å². The lowest BCUT2D eigenvalue weighted by atomic mass is 10.1. The fourth-order valence-electron chi connectivity index (χ4n) is 1.99. The molecule has 0 fully saturated rings. The number of carbonyl (C=O) groups is 1. The van der Waals surface area contributed by atoms with Crippen LogP contribution >= 0.6 is 0 Å². The summed E-state index contributed by atoms with van der Waals surface area (Å²) in [6.45, 7) is 0.909. The van der Waals surface area contributed by atoms with Crippen molar-refractivity contribution in [3.05, 3.63) is 35.9 Å². The van der Waals surface area contributed by atoms with Crippen molar-refractivity contribution >= 4 is 5.91 Å². The molecule has 3 N–H and O–H groups in total. The quantitative estimate of drug-likeness (QED) is 0.693. The summed E-state index contributed by atoms with van der Waals surface area (Å²) in [4.78, 5) is 13.7. The summed E-state index contributed by atoms with van der Waals surface area (Å²) in [7, 11) is 1.78. The van der Waals surface area contributed by atoms with Crippen molar-refractivity contribution in [1.82, 2.24) is 4.90 Å². The SMILES string of the molecule is CN(CCCCCO)C(=O)[C@H](N)Cc1ccccc1. The molecule has 106 valence electrons.